The van der Waals surface area contributed by atoms with Crippen LogP contribution in [0.4, 0.5) is 0 Å². The van der Waals surface area contributed by atoms with Gasteiger partial charge >= 0.3 is 0 Å². The molecule has 1 N–H and O–H groups in total. The fourth-order valence-electron chi connectivity index (χ4n) is 2.17. The average Bonchev–Trinajstić information content (AvgIpc) is 2.80. The predicted molar refractivity (Wildman–Crippen MR) is 63.6 cm³/mol. The van der Waals surface area contributed by atoms with Crippen LogP contribution in [0.2, 0.25) is 0 Å². The fourth-order valence-corrected chi connectivity index (χ4v) is 2.17. The Bertz CT molecular complexity index is 276. The van der Waals surface area contributed by atoms with Crippen LogP contribution in [0.25, 0.3) is 0 Å². The molecular formula is C13H22N2O. The van der Waals surface area contributed by atoms with Crippen molar-refractivity contribution in [3.05, 3.63) is 0 Å². The molecule has 1 aliphatic rings. The van der Waals surface area contributed by atoms with Gasteiger partial charge in [0.2, 0.25) is 5.91 Å². The van der Waals surface area contributed by atoms with Crippen LogP contribution in [0.1, 0.15) is 52.4 Å². The minimum atomic E-state index is -0.852. The van der Waals surface area contributed by atoms with Gasteiger partial charge in [-0.2, -0.15) is 5.26 Å². The lowest BCUT2D eigenvalue weighted by molar-refractivity contribution is -0.127. The maximum atomic E-state index is 11.8. The zero-order valence-corrected chi connectivity index (χ0v) is 10.4. The van der Waals surface area contributed by atoms with E-state index in [0.29, 0.717) is 6.42 Å². The summed E-state index contributed by atoms with van der Waals surface area (Å²) in [6.45, 7) is 4.30. The summed E-state index contributed by atoms with van der Waals surface area (Å²) in [5.74, 6) is 0.672. The minimum absolute atomic E-state index is 0.115. The molecule has 3 nitrogen and oxygen atoms in total. The largest absolute Gasteiger partial charge is 0.355 e. The average molecular weight is 222 g/mol. The van der Waals surface area contributed by atoms with E-state index in [1.54, 1.807) is 6.92 Å². The molecule has 16 heavy (non-hydrogen) atoms. The van der Waals surface area contributed by atoms with Gasteiger partial charge in [0.25, 0.3) is 0 Å². The zero-order valence-electron chi connectivity index (χ0n) is 10.4. The first kappa shape index (κ1) is 13.0. The summed E-state index contributed by atoms with van der Waals surface area (Å²) < 4.78 is 0. The topological polar surface area (TPSA) is 52.9 Å². The Morgan fingerprint density at radius 1 is 1.50 bits per heavy atom. The molecule has 0 spiro atoms. The van der Waals surface area contributed by atoms with Crippen molar-refractivity contribution >= 4 is 5.91 Å². The first-order valence-corrected chi connectivity index (χ1v) is 6.32. The molecule has 3 heteroatoms. The summed E-state index contributed by atoms with van der Waals surface area (Å²) in [6.07, 6.45) is 6.92. The van der Waals surface area contributed by atoms with Crippen molar-refractivity contribution in [2.24, 2.45) is 11.3 Å². The second kappa shape index (κ2) is 5.89. The molecule has 1 atom stereocenters. The molecule has 90 valence electrons. The second-order valence-electron chi connectivity index (χ2n) is 4.99. The molecule has 0 heterocycles. The molecule has 0 saturated heterocycles. The maximum absolute atomic E-state index is 11.8. The number of nitrogens with zero attached hydrogens (tertiary/aromatic N) is 1. The van der Waals surface area contributed by atoms with Crippen molar-refractivity contribution in [1.82, 2.24) is 5.32 Å². The molecular weight excluding hydrogens is 200 g/mol. The van der Waals surface area contributed by atoms with Gasteiger partial charge in [0, 0.05) is 6.54 Å². The number of carbonyl (C=O) groups is 1. The van der Waals surface area contributed by atoms with Crippen LogP contribution in [0, 0.1) is 22.7 Å². The van der Waals surface area contributed by atoms with Gasteiger partial charge in [-0.25, -0.2) is 0 Å². The number of rotatable bonds is 5. The normalized spacial score (nSPS) is 20.1. The molecule has 1 fully saturated rings. The maximum Gasteiger partial charge on any atom is 0.240 e. The summed E-state index contributed by atoms with van der Waals surface area (Å²) in [5, 5.41) is 11.8. The monoisotopic (exact) mass is 222 g/mol. The van der Waals surface area contributed by atoms with E-state index in [-0.39, 0.29) is 5.91 Å². The van der Waals surface area contributed by atoms with Gasteiger partial charge < -0.3 is 5.32 Å². The van der Waals surface area contributed by atoms with Crippen molar-refractivity contribution in [2.75, 3.05) is 6.54 Å². The Labute approximate surface area is 98.2 Å². The first-order chi connectivity index (χ1) is 7.62. The van der Waals surface area contributed by atoms with E-state index in [1.807, 2.05) is 6.92 Å². The molecule has 0 aromatic rings. The SMILES string of the molecule is CCC(C)(C#N)C(=O)NCCC1CCCC1. The highest BCUT2D eigenvalue weighted by Gasteiger charge is 2.30. The number of hydrogen-bond donors (Lipinski definition) is 1. The molecule has 0 aromatic heterocycles. The highest BCUT2D eigenvalue weighted by Crippen LogP contribution is 2.27. The first-order valence-electron chi connectivity index (χ1n) is 6.32. The lowest BCUT2D eigenvalue weighted by Gasteiger charge is -2.19. The lowest BCUT2D eigenvalue weighted by atomic mass is 9.88. The number of carbonyl (C=O) groups excluding carboxylic acids is 1. The van der Waals surface area contributed by atoms with Gasteiger partial charge in [-0.15, -0.1) is 0 Å². The quantitative estimate of drug-likeness (QED) is 0.777. The van der Waals surface area contributed by atoms with Gasteiger partial charge in [0.1, 0.15) is 5.41 Å². The Balaban J connectivity index is 2.26. The van der Waals surface area contributed by atoms with Crippen molar-refractivity contribution < 1.29 is 4.79 Å². The third kappa shape index (κ3) is 3.23. The van der Waals surface area contributed by atoms with Crippen LogP contribution in [-0.4, -0.2) is 12.5 Å². The number of nitrogens with one attached hydrogen (secondary N) is 1. The van der Waals surface area contributed by atoms with E-state index >= 15 is 0 Å². The highest BCUT2D eigenvalue weighted by atomic mass is 16.2. The van der Waals surface area contributed by atoms with Gasteiger partial charge in [-0.3, -0.25) is 4.79 Å². The van der Waals surface area contributed by atoms with Gasteiger partial charge in [-0.05, 0) is 25.7 Å². The molecule has 0 radical (unpaired) electrons. The van der Waals surface area contributed by atoms with E-state index < -0.39 is 5.41 Å². The van der Waals surface area contributed by atoms with Crippen molar-refractivity contribution in [3.8, 4) is 6.07 Å². The molecule has 1 rings (SSSR count). The third-order valence-corrected chi connectivity index (χ3v) is 3.77. The minimum Gasteiger partial charge on any atom is -0.355 e. The van der Waals surface area contributed by atoms with Crippen LogP contribution in [0.3, 0.4) is 0 Å². The Morgan fingerprint density at radius 2 is 2.12 bits per heavy atom. The van der Waals surface area contributed by atoms with E-state index in [2.05, 4.69) is 11.4 Å². The van der Waals surface area contributed by atoms with E-state index in [1.165, 1.54) is 25.7 Å². The van der Waals surface area contributed by atoms with E-state index in [0.717, 1.165) is 18.9 Å². The summed E-state index contributed by atoms with van der Waals surface area (Å²) >= 11 is 0. The van der Waals surface area contributed by atoms with Crippen molar-refractivity contribution in [1.29, 1.82) is 5.26 Å². The van der Waals surface area contributed by atoms with Gasteiger partial charge in [0.05, 0.1) is 6.07 Å². The van der Waals surface area contributed by atoms with Crippen LogP contribution in [0.5, 0.6) is 0 Å². The van der Waals surface area contributed by atoms with Crippen molar-refractivity contribution in [3.63, 3.8) is 0 Å². The standard InChI is InChI=1S/C13H22N2O/c1-3-13(2,10-14)12(16)15-9-8-11-6-4-5-7-11/h11H,3-9H2,1-2H3,(H,15,16). The Morgan fingerprint density at radius 3 is 2.62 bits per heavy atom. The molecule has 0 aromatic carbocycles. The summed E-state index contributed by atoms with van der Waals surface area (Å²) in [5.41, 5.74) is -0.852. The summed E-state index contributed by atoms with van der Waals surface area (Å²) in [7, 11) is 0. The number of nitriles is 1. The number of amides is 1. The van der Waals surface area contributed by atoms with Crippen molar-refractivity contribution in [2.45, 2.75) is 52.4 Å². The summed E-state index contributed by atoms with van der Waals surface area (Å²) in [4.78, 5) is 11.8. The van der Waals surface area contributed by atoms with Gasteiger partial charge in [0.15, 0.2) is 0 Å². The molecule has 0 bridgehead atoms. The van der Waals surface area contributed by atoms with E-state index in [4.69, 9.17) is 5.26 Å². The van der Waals surface area contributed by atoms with E-state index in [9.17, 15) is 4.79 Å². The van der Waals surface area contributed by atoms with Crippen LogP contribution < -0.4 is 5.32 Å². The smallest absolute Gasteiger partial charge is 0.240 e. The third-order valence-electron chi connectivity index (χ3n) is 3.77. The fraction of sp³-hybridized carbons (Fsp3) is 0.846. The number of hydrogen-bond acceptors (Lipinski definition) is 2. The molecule has 1 unspecified atom stereocenters. The predicted octanol–water partition coefficient (Wildman–Crippen LogP) is 2.62. The Kier molecular flexibility index (Phi) is 4.79. The van der Waals surface area contributed by atoms with Crippen LogP contribution in [-0.2, 0) is 4.79 Å². The van der Waals surface area contributed by atoms with Crippen LogP contribution >= 0.6 is 0 Å². The van der Waals surface area contributed by atoms with Crippen LogP contribution in [0.15, 0.2) is 0 Å². The Hall–Kier alpha value is -1.04. The summed E-state index contributed by atoms with van der Waals surface area (Å²) in [6, 6.07) is 2.09. The molecule has 1 saturated carbocycles. The second-order valence-corrected chi connectivity index (χ2v) is 4.99. The van der Waals surface area contributed by atoms with Gasteiger partial charge in [-0.1, -0.05) is 32.6 Å². The highest BCUT2D eigenvalue weighted by molar-refractivity contribution is 5.84. The molecule has 1 amide bonds. The molecule has 0 aliphatic heterocycles. The lowest BCUT2D eigenvalue weighted by Crippen LogP contribution is -2.38. The zero-order chi connectivity index (χ0) is 12.0. The molecule has 1 aliphatic carbocycles.